The summed E-state index contributed by atoms with van der Waals surface area (Å²) in [6.45, 7) is -2.00. The van der Waals surface area contributed by atoms with Crippen LogP contribution in [0.1, 0.15) is 78.8 Å². The molecule has 0 aromatic heterocycles. The van der Waals surface area contributed by atoms with Gasteiger partial charge in [-0.25, -0.2) is 28.8 Å². The zero-order chi connectivity index (χ0) is 72.0. The molecule has 0 saturated carbocycles. The lowest BCUT2D eigenvalue weighted by Gasteiger charge is -2.49. The zero-order valence-corrected chi connectivity index (χ0v) is 56.4. The van der Waals surface area contributed by atoms with Gasteiger partial charge in [0.15, 0.2) is 49.4 Å². The Kier molecular flexibility index (Phi) is 25.7. The summed E-state index contributed by atoms with van der Waals surface area (Å²) in [6, 6.07) is 75.4. The van der Waals surface area contributed by atoms with Crippen LogP contribution in [0.4, 0.5) is 0 Å². The van der Waals surface area contributed by atoms with Crippen LogP contribution >= 0.6 is 0 Å². The molecule has 0 amide bonds. The molecule has 3 fully saturated rings. The Morgan fingerprint density at radius 2 is 0.587 bits per heavy atom. The predicted molar refractivity (Wildman–Crippen MR) is 371 cm³/mol. The number of methoxy groups -OCH3 is 1. The summed E-state index contributed by atoms with van der Waals surface area (Å²) in [6.07, 6.45) is -24.2. The standard InChI is InChI=1S/C82H76O22/c1-90-80-71(93-50-55-33-15-4-16-34-55)68(92-49-54-31-13-3-14-32-54)65(91-48-53-29-11-2-12-30-53)63(97-80)52-95-81-72(102-78(88)60-43-25-9-26-44-60)70(101-77(87)59-41-23-8-24-42-59)67(64(98-81)51-94-74(84)56-35-17-5-18-36-56)104-82-73(103-79(89)61-45-27-10-28-46-61)69(100-76(86)58-39-21-7-22-40-58)66(62(47-83)96-82)99-75(85)57-37-19-6-20-38-57/h2-46,62-73,80-83H,47-52H2,1H3/t62-,63-,64-,65-,66+,67-,68+,69+,70+,71+,72-,73-,80+,81-,82+/m1/s1. The molecule has 0 spiro atoms. The van der Waals surface area contributed by atoms with E-state index in [1.54, 1.807) is 109 Å². The number of benzene rings is 9. The van der Waals surface area contributed by atoms with Gasteiger partial charge in [-0.1, -0.05) is 200 Å². The summed E-state index contributed by atoms with van der Waals surface area (Å²) in [7, 11) is 1.45. The van der Waals surface area contributed by atoms with Gasteiger partial charge in [0.25, 0.3) is 0 Å². The van der Waals surface area contributed by atoms with Gasteiger partial charge in [-0.05, 0) is 89.5 Å². The van der Waals surface area contributed by atoms with Crippen molar-refractivity contribution in [1.82, 2.24) is 0 Å². The third-order valence-electron chi connectivity index (χ3n) is 17.4. The van der Waals surface area contributed by atoms with Crippen molar-refractivity contribution in [3.05, 3.63) is 323 Å². The van der Waals surface area contributed by atoms with Crippen LogP contribution in [-0.2, 0) is 90.9 Å². The Hall–Kier alpha value is -10.6. The Balaban J connectivity index is 0.977. The van der Waals surface area contributed by atoms with Crippen molar-refractivity contribution in [2.24, 2.45) is 0 Å². The highest BCUT2D eigenvalue weighted by Crippen LogP contribution is 2.39. The van der Waals surface area contributed by atoms with E-state index in [9.17, 15) is 24.3 Å². The maximum Gasteiger partial charge on any atom is 0.338 e. The van der Waals surface area contributed by atoms with E-state index in [0.717, 1.165) is 16.7 Å². The number of hydrogen-bond acceptors (Lipinski definition) is 22. The molecule has 15 atom stereocenters. The molecular weight excluding hydrogens is 1340 g/mol. The highest BCUT2D eigenvalue weighted by molar-refractivity contribution is 5.92. The topological polar surface area (TPSA) is 261 Å². The molecule has 0 bridgehead atoms. The van der Waals surface area contributed by atoms with Gasteiger partial charge >= 0.3 is 35.8 Å². The van der Waals surface area contributed by atoms with Crippen molar-refractivity contribution in [2.75, 3.05) is 26.9 Å². The van der Waals surface area contributed by atoms with Gasteiger partial charge in [-0.2, -0.15) is 0 Å². The maximum atomic E-state index is 15.1. The number of carbonyl (C=O) groups excluding carboxylic acids is 6. The molecular formula is C82H76O22. The summed E-state index contributed by atoms with van der Waals surface area (Å²) >= 11 is 0. The number of aliphatic hydroxyl groups is 1. The lowest BCUT2D eigenvalue weighted by atomic mass is 9.95. The van der Waals surface area contributed by atoms with E-state index >= 15 is 9.59 Å². The number of ether oxygens (including phenoxy) is 15. The molecule has 536 valence electrons. The summed E-state index contributed by atoms with van der Waals surface area (Å²) in [5.74, 6) is -5.82. The highest BCUT2D eigenvalue weighted by Gasteiger charge is 2.59. The molecule has 0 aliphatic carbocycles. The normalized spacial score (nSPS) is 24.3. The fourth-order valence-corrected chi connectivity index (χ4v) is 12.2. The molecule has 3 aliphatic heterocycles. The Labute approximate surface area is 600 Å². The van der Waals surface area contributed by atoms with E-state index in [1.165, 1.54) is 79.9 Å². The van der Waals surface area contributed by atoms with E-state index < -0.39 is 148 Å². The smallest absolute Gasteiger partial charge is 0.338 e. The predicted octanol–water partition coefficient (Wildman–Crippen LogP) is 10.9. The van der Waals surface area contributed by atoms with Gasteiger partial charge in [0.2, 0.25) is 0 Å². The van der Waals surface area contributed by atoms with Crippen LogP contribution in [0.15, 0.2) is 273 Å². The summed E-state index contributed by atoms with van der Waals surface area (Å²) in [5.41, 5.74) is 2.67. The van der Waals surface area contributed by atoms with Crippen molar-refractivity contribution in [3.63, 3.8) is 0 Å². The van der Waals surface area contributed by atoms with Gasteiger partial charge in [0.05, 0.1) is 66.4 Å². The van der Waals surface area contributed by atoms with Crippen LogP contribution in [0.2, 0.25) is 0 Å². The average Bonchev–Trinajstić information content (AvgIpc) is 0.765. The van der Waals surface area contributed by atoms with Gasteiger partial charge in [0.1, 0.15) is 49.3 Å². The highest BCUT2D eigenvalue weighted by atomic mass is 16.8. The number of hydrogen-bond donors (Lipinski definition) is 1. The van der Waals surface area contributed by atoms with Gasteiger partial charge in [-0.3, -0.25) is 0 Å². The van der Waals surface area contributed by atoms with Crippen molar-refractivity contribution >= 4 is 35.8 Å². The molecule has 22 heteroatoms. The molecule has 0 radical (unpaired) electrons. The van der Waals surface area contributed by atoms with E-state index in [-0.39, 0.29) is 53.2 Å². The second kappa shape index (κ2) is 36.5. The summed E-state index contributed by atoms with van der Waals surface area (Å²) in [4.78, 5) is 88.1. The van der Waals surface area contributed by atoms with Gasteiger partial charge in [-0.15, -0.1) is 0 Å². The van der Waals surface area contributed by atoms with Crippen LogP contribution in [0.25, 0.3) is 0 Å². The molecule has 0 unspecified atom stereocenters. The molecule has 12 rings (SSSR count). The van der Waals surface area contributed by atoms with E-state index in [2.05, 4.69) is 0 Å². The number of esters is 6. The van der Waals surface area contributed by atoms with E-state index in [1.807, 2.05) is 91.0 Å². The first-order valence-corrected chi connectivity index (χ1v) is 33.8. The molecule has 1 N–H and O–H groups in total. The third kappa shape index (κ3) is 19.0. The fourth-order valence-electron chi connectivity index (χ4n) is 12.2. The van der Waals surface area contributed by atoms with Crippen molar-refractivity contribution < 1.29 is 105 Å². The van der Waals surface area contributed by atoms with Crippen molar-refractivity contribution in [2.45, 2.75) is 112 Å². The third-order valence-corrected chi connectivity index (χ3v) is 17.4. The van der Waals surface area contributed by atoms with Gasteiger partial charge in [0, 0.05) is 7.11 Å². The number of rotatable bonds is 29. The second-order valence-corrected chi connectivity index (χ2v) is 24.4. The molecule has 104 heavy (non-hydrogen) atoms. The molecule has 3 saturated heterocycles. The van der Waals surface area contributed by atoms with Crippen LogP contribution in [0.5, 0.6) is 0 Å². The number of aliphatic hydroxyl groups excluding tert-OH is 1. The minimum atomic E-state index is -2.09. The van der Waals surface area contributed by atoms with Crippen molar-refractivity contribution in [1.29, 1.82) is 0 Å². The average molecular weight is 1410 g/mol. The van der Waals surface area contributed by atoms with E-state index in [4.69, 9.17) is 71.1 Å². The van der Waals surface area contributed by atoms with Gasteiger partial charge < -0.3 is 76.2 Å². The molecule has 3 heterocycles. The molecule has 3 aliphatic rings. The molecule has 9 aromatic carbocycles. The van der Waals surface area contributed by atoms with Crippen molar-refractivity contribution in [3.8, 4) is 0 Å². The minimum Gasteiger partial charge on any atom is -0.459 e. The Bertz CT molecular complexity index is 4170. The zero-order valence-electron chi connectivity index (χ0n) is 56.4. The SMILES string of the molecule is CO[C@H]1O[C@H](CO[C@@H]2O[C@H](COC(=O)c3ccccc3)[C@@H](O[C@@H]3O[C@H](CO)[C@H](OC(=O)c4ccccc4)[C@H](OC(=O)c4ccccc4)[C@H]3OC(=O)c3ccccc3)[C@H](OC(=O)c3ccccc3)[C@H]2OC(=O)c2ccccc2)[C@@H](OCc2ccccc2)[C@H](OCc2ccccc2)[C@@H]1OCc1ccccc1. The quantitative estimate of drug-likeness (QED) is 0.0337. The van der Waals surface area contributed by atoms with Crippen LogP contribution in [0.3, 0.4) is 0 Å². The first-order valence-electron chi connectivity index (χ1n) is 33.8. The molecule has 9 aromatic rings. The Morgan fingerprint density at radius 1 is 0.288 bits per heavy atom. The summed E-state index contributed by atoms with van der Waals surface area (Å²) in [5, 5.41) is 11.5. The first-order chi connectivity index (χ1) is 51.0. The Morgan fingerprint density at radius 3 is 0.971 bits per heavy atom. The summed E-state index contributed by atoms with van der Waals surface area (Å²) < 4.78 is 99.4. The lowest BCUT2D eigenvalue weighted by molar-refractivity contribution is -0.364. The van der Waals surface area contributed by atoms with E-state index in [0.29, 0.717) is 0 Å². The van der Waals surface area contributed by atoms with Crippen LogP contribution in [0, 0.1) is 0 Å². The molecule has 22 nitrogen and oxygen atoms in total. The number of carbonyl (C=O) groups is 6. The van der Waals surface area contributed by atoms with Crippen LogP contribution < -0.4 is 0 Å². The second-order valence-electron chi connectivity index (χ2n) is 24.4. The lowest BCUT2D eigenvalue weighted by Crippen LogP contribution is -2.67. The first kappa shape index (κ1) is 73.2. The monoisotopic (exact) mass is 1410 g/mol. The largest absolute Gasteiger partial charge is 0.459 e. The minimum absolute atomic E-state index is 0.000457. The van der Waals surface area contributed by atoms with Crippen LogP contribution in [-0.4, -0.2) is 160 Å². The fraction of sp³-hybridized carbons (Fsp3) is 0.268. The maximum absolute atomic E-state index is 15.1.